The molecule has 0 saturated heterocycles. The first-order valence-corrected chi connectivity index (χ1v) is 8.68. The minimum atomic E-state index is -0.292. The zero-order valence-electron chi connectivity index (χ0n) is 14.9. The summed E-state index contributed by atoms with van der Waals surface area (Å²) >= 11 is 0. The molecule has 5 heteroatoms. The predicted molar refractivity (Wildman–Crippen MR) is 106 cm³/mol. The number of fused-ring (bicyclic) bond motifs is 1. The summed E-state index contributed by atoms with van der Waals surface area (Å²) in [5.74, 6) is -0.384. The Morgan fingerprint density at radius 3 is 2.56 bits per heavy atom. The number of anilines is 2. The fourth-order valence-electron chi connectivity index (χ4n) is 3.42. The maximum absolute atomic E-state index is 12.7. The number of nitrogens with zero attached hydrogens (tertiary/aromatic N) is 1. The number of nitrogen functional groups attached to an aromatic ring is 1. The van der Waals surface area contributed by atoms with Crippen molar-refractivity contribution in [1.29, 1.82) is 0 Å². The van der Waals surface area contributed by atoms with Gasteiger partial charge in [0.25, 0.3) is 11.8 Å². The molecule has 1 aliphatic heterocycles. The van der Waals surface area contributed by atoms with Gasteiger partial charge in [0.05, 0.1) is 11.3 Å². The van der Waals surface area contributed by atoms with Crippen LogP contribution in [0.1, 0.15) is 26.3 Å². The summed E-state index contributed by atoms with van der Waals surface area (Å²) in [5.41, 5.74) is 10.8. The predicted octanol–water partition coefficient (Wildman–Crippen LogP) is 3.77. The van der Waals surface area contributed by atoms with E-state index in [-0.39, 0.29) is 11.8 Å². The molecule has 0 aromatic heterocycles. The molecule has 2 amide bonds. The molecule has 0 saturated carbocycles. The molecule has 3 aromatic carbocycles. The highest BCUT2D eigenvalue weighted by atomic mass is 16.2. The first kappa shape index (κ1) is 16.8. The zero-order chi connectivity index (χ0) is 19.0. The van der Waals surface area contributed by atoms with Crippen LogP contribution in [-0.4, -0.2) is 23.8 Å². The molecule has 0 aliphatic carbocycles. The SMILES string of the molecule is CN1Cc2c(-c3ccccc3)ccc(NC(=O)c3cccc(N)c3)c2C1=O. The monoisotopic (exact) mass is 357 g/mol. The zero-order valence-corrected chi connectivity index (χ0v) is 14.9. The molecule has 0 spiro atoms. The van der Waals surface area contributed by atoms with E-state index in [9.17, 15) is 9.59 Å². The number of benzene rings is 3. The van der Waals surface area contributed by atoms with Crippen molar-refractivity contribution in [1.82, 2.24) is 4.90 Å². The van der Waals surface area contributed by atoms with Gasteiger partial charge in [-0.05, 0) is 41.0 Å². The number of carbonyl (C=O) groups is 2. The van der Waals surface area contributed by atoms with Crippen molar-refractivity contribution in [2.45, 2.75) is 6.54 Å². The highest BCUT2D eigenvalue weighted by Crippen LogP contribution is 2.36. The lowest BCUT2D eigenvalue weighted by Crippen LogP contribution is -2.19. The average Bonchev–Trinajstić information content (AvgIpc) is 2.98. The third-order valence-electron chi connectivity index (χ3n) is 4.75. The van der Waals surface area contributed by atoms with E-state index in [0.717, 1.165) is 16.7 Å². The van der Waals surface area contributed by atoms with Gasteiger partial charge in [0.15, 0.2) is 0 Å². The van der Waals surface area contributed by atoms with Gasteiger partial charge < -0.3 is 16.0 Å². The Bertz CT molecular complexity index is 1040. The fourth-order valence-corrected chi connectivity index (χ4v) is 3.42. The molecular weight excluding hydrogens is 338 g/mol. The van der Waals surface area contributed by atoms with E-state index in [0.29, 0.717) is 29.0 Å². The third kappa shape index (κ3) is 3.04. The number of rotatable bonds is 3. The van der Waals surface area contributed by atoms with E-state index < -0.39 is 0 Å². The van der Waals surface area contributed by atoms with E-state index in [1.807, 2.05) is 36.4 Å². The third-order valence-corrected chi connectivity index (χ3v) is 4.75. The molecule has 0 radical (unpaired) electrons. The van der Waals surface area contributed by atoms with Crippen molar-refractivity contribution >= 4 is 23.2 Å². The molecule has 3 N–H and O–H groups in total. The summed E-state index contributed by atoms with van der Waals surface area (Å²) in [6.07, 6.45) is 0. The number of nitrogens with one attached hydrogen (secondary N) is 1. The van der Waals surface area contributed by atoms with Gasteiger partial charge in [-0.1, -0.05) is 42.5 Å². The van der Waals surface area contributed by atoms with E-state index in [2.05, 4.69) is 5.32 Å². The molecule has 134 valence electrons. The second kappa shape index (κ2) is 6.61. The molecule has 1 heterocycles. The average molecular weight is 357 g/mol. The van der Waals surface area contributed by atoms with Gasteiger partial charge in [0.1, 0.15) is 0 Å². The number of hydrogen-bond acceptors (Lipinski definition) is 3. The Balaban J connectivity index is 1.76. The van der Waals surface area contributed by atoms with E-state index in [4.69, 9.17) is 5.73 Å². The Kier molecular flexibility index (Phi) is 4.12. The highest BCUT2D eigenvalue weighted by Gasteiger charge is 2.30. The normalized spacial score (nSPS) is 12.8. The number of nitrogens with two attached hydrogens (primary N) is 1. The number of hydrogen-bond donors (Lipinski definition) is 2. The van der Waals surface area contributed by atoms with Gasteiger partial charge >= 0.3 is 0 Å². The van der Waals surface area contributed by atoms with Crippen molar-refractivity contribution < 1.29 is 9.59 Å². The van der Waals surface area contributed by atoms with Gasteiger partial charge in [0, 0.05) is 24.8 Å². The smallest absolute Gasteiger partial charge is 0.256 e. The molecule has 3 aromatic rings. The van der Waals surface area contributed by atoms with Gasteiger partial charge in [-0.3, -0.25) is 9.59 Å². The maximum Gasteiger partial charge on any atom is 0.256 e. The molecule has 0 unspecified atom stereocenters. The number of carbonyl (C=O) groups excluding carboxylic acids is 2. The van der Waals surface area contributed by atoms with Crippen LogP contribution in [0.5, 0.6) is 0 Å². The van der Waals surface area contributed by atoms with Crippen LogP contribution in [0.15, 0.2) is 66.7 Å². The minimum Gasteiger partial charge on any atom is -0.399 e. The molecule has 27 heavy (non-hydrogen) atoms. The Labute approximate surface area is 157 Å². The largest absolute Gasteiger partial charge is 0.399 e. The lowest BCUT2D eigenvalue weighted by molar-refractivity contribution is 0.0817. The second-order valence-electron chi connectivity index (χ2n) is 6.62. The van der Waals surface area contributed by atoms with Gasteiger partial charge in [-0.15, -0.1) is 0 Å². The van der Waals surface area contributed by atoms with Crippen LogP contribution in [0.4, 0.5) is 11.4 Å². The highest BCUT2D eigenvalue weighted by molar-refractivity contribution is 6.11. The van der Waals surface area contributed by atoms with Crippen LogP contribution in [0.3, 0.4) is 0 Å². The summed E-state index contributed by atoms with van der Waals surface area (Å²) in [7, 11) is 1.76. The standard InChI is InChI=1S/C22H19N3O2/c1-25-13-18-17(14-6-3-2-4-7-14)10-11-19(20(18)22(25)27)24-21(26)15-8-5-9-16(23)12-15/h2-12H,13,23H2,1H3,(H,24,26). The van der Waals surface area contributed by atoms with Crippen LogP contribution in [-0.2, 0) is 6.54 Å². The fraction of sp³-hybridized carbons (Fsp3) is 0.0909. The van der Waals surface area contributed by atoms with Crippen molar-refractivity contribution in [2.24, 2.45) is 0 Å². The van der Waals surface area contributed by atoms with Crippen LogP contribution >= 0.6 is 0 Å². The molecule has 0 bridgehead atoms. The second-order valence-corrected chi connectivity index (χ2v) is 6.62. The summed E-state index contributed by atoms with van der Waals surface area (Å²) in [4.78, 5) is 27.0. The first-order chi connectivity index (χ1) is 13.0. The van der Waals surface area contributed by atoms with Crippen LogP contribution in [0, 0.1) is 0 Å². The molecule has 4 rings (SSSR count). The summed E-state index contributed by atoms with van der Waals surface area (Å²) < 4.78 is 0. The molecular formula is C22H19N3O2. The van der Waals surface area contributed by atoms with Crippen LogP contribution in [0.2, 0.25) is 0 Å². The summed E-state index contributed by atoms with van der Waals surface area (Å²) in [6.45, 7) is 0.514. The van der Waals surface area contributed by atoms with Crippen molar-refractivity contribution in [2.75, 3.05) is 18.1 Å². The van der Waals surface area contributed by atoms with Gasteiger partial charge in [0.2, 0.25) is 0 Å². The van der Waals surface area contributed by atoms with E-state index >= 15 is 0 Å². The molecule has 1 aliphatic rings. The quantitative estimate of drug-likeness (QED) is 0.701. The summed E-state index contributed by atoms with van der Waals surface area (Å²) in [6, 6.07) is 20.4. The Morgan fingerprint density at radius 1 is 1.04 bits per heavy atom. The van der Waals surface area contributed by atoms with Gasteiger partial charge in [-0.2, -0.15) is 0 Å². The van der Waals surface area contributed by atoms with Crippen molar-refractivity contribution in [3.05, 3.63) is 83.4 Å². The first-order valence-electron chi connectivity index (χ1n) is 8.68. The Morgan fingerprint density at radius 2 is 1.81 bits per heavy atom. The summed E-state index contributed by atoms with van der Waals surface area (Å²) in [5, 5.41) is 2.87. The van der Waals surface area contributed by atoms with Crippen molar-refractivity contribution in [3.63, 3.8) is 0 Å². The minimum absolute atomic E-state index is 0.0920. The van der Waals surface area contributed by atoms with E-state index in [1.54, 1.807) is 42.3 Å². The molecule has 0 fully saturated rings. The molecule has 5 nitrogen and oxygen atoms in total. The molecule has 0 atom stereocenters. The number of amides is 2. The van der Waals surface area contributed by atoms with E-state index in [1.165, 1.54) is 0 Å². The maximum atomic E-state index is 12.7. The van der Waals surface area contributed by atoms with Crippen LogP contribution in [0.25, 0.3) is 11.1 Å². The van der Waals surface area contributed by atoms with Crippen molar-refractivity contribution in [3.8, 4) is 11.1 Å². The lowest BCUT2D eigenvalue weighted by Gasteiger charge is -2.13. The lowest BCUT2D eigenvalue weighted by atomic mass is 9.95. The Hall–Kier alpha value is -3.60. The van der Waals surface area contributed by atoms with Gasteiger partial charge in [-0.25, -0.2) is 0 Å². The van der Waals surface area contributed by atoms with Crippen LogP contribution < -0.4 is 11.1 Å². The topological polar surface area (TPSA) is 75.4 Å².